The molecule has 0 spiro atoms. The van der Waals surface area contributed by atoms with Gasteiger partial charge in [0.15, 0.2) is 0 Å². The summed E-state index contributed by atoms with van der Waals surface area (Å²) in [5.74, 6) is 0. The van der Waals surface area contributed by atoms with Crippen molar-refractivity contribution in [3.63, 3.8) is 0 Å². The Kier molecular flexibility index (Phi) is 4.34. The highest BCUT2D eigenvalue weighted by Crippen LogP contribution is 2.12. The van der Waals surface area contributed by atoms with Crippen molar-refractivity contribution in [1.29, 1.82) is 0 Å². The van der Waals surface area contributed by atoms with E-state index in [2.05, 4.69) is 31.2 Å². The van der Waals surface area contributed by atoms with Crippen molar-refractivity contribution in [2.24, 2.45) is 0 Å². The van der Waals surface area contributed by atoms with Crippen LogP contribution in [0.5, 0.6) is 0 Å². The average molecular weight is 270 g/mol. The number of rotatable bonds is 4. The quantitative estimate of drug-likeness (QED) is 0.592. The fraction of sp³-hybridized carbons (Fsp3) is 0.125. The standard InChI is InChI=1S/C16H14S2/c1-12-7-9-14(10-8-12)16(18)11-15(17)13-5-3-2-4-6-13/h2-10H,11H2,1H3. The van der Waals surface area contributed by atoms with Crippen LogP contribution in [0, 0.1) is 6.92 Å². The molecule has 18 heavy (non-hydrogen) atoms. The monoisotopic (exact) mass is 270 g/mol. The summed E-state index contributed by atoms with van der Waals surface area (Å²) in [6.07, 6.45) is 0.664. The number of benzene rings is 2. The van der Waals surface area contributed by atoms with Gasteiger partial charge in [-0.2, -0.15) is 0 Å². The first-order chi connectivity index (χ1) is 8.66. The van der Waals surface area contributed by atoms with Gasteiger partial charge in [0.25, 0.3) is 0 Å². The third-order valence-electron chi connectivity index (χ3n) is 2.79. The Bertz CT molecular complexity index is 553. The summed E-state index contributed by atoms with van der Waals surface area (Å²) in [7, 11) is 0. The van der Waals surface area contributed by atoms with Crippen molar-refractivity contribution in [3.05, 3.63) is 71.3 Å². The van der Waals surface area contributed by atoms with Gasteiger partial charge in [0.05, 0.1) is 0 Å². The van der Waals surface area contributed by atoms with E-state index < -0.39 is 0 Å². The predicted octanol–water partition coefficient (Wildman–Crippen LogP) is 4.52. The molecular formula is C16H14S2. The first kappa shape index (κ1) is 13.1. The van der Waals surface area contributed by atoms with Crippen molar-refractivity contribution in [2.45, 2.75) is 13.3 Å². The van der Waals surface area contributed by atoms with Crippen LogP contribution in [0.2, 0.25) is 0 Å². The Morgan fingerprint density at radius 1 is 0.778 bits per heavy atom. The van der Waals surface area contributed by atoms with Crippen molar-refractivity contribution in [1.82, 2.24) is 0 Å². The van der Waals surface area contributed by atoms with Gasteiger partial charge in [0.1, 0.15) is 0 Å². The molecule has 2 rings (SSSR count). The molecule has 0 heterocycles. The van der Waals surface area contributed by atoms with Crippen LogP contribution >= 0.6 is 24.4 Å². The molecule has 2 aromatic rings. The first-order valence-corrected chi connectivity index (χ1v) is 6.66. The lowest BCUT2D eigenvalue weighted by Gasteiger charge is -2.06. The molecule has 90 valence electrons. The largest absolute Gasteiger partial charge is 0.0839 e. The number of aryl methyl sites for hydroxylation is 1. The molecule has 0 N–H and O–H groups in total. The summed E-state index contributed by atoms with van der Waals surface area (Å²) in [5, 5.41) is 0. The van der Waals surface area contributed by atoms with Crippen LogP contribution in [0.15, 0.2) is 54.6 Å². The van der Waals surface area contributed by atoms with Gasteiger partial charge < -0.3 is 0 Å². The first-order valence-electron chi connectivity index (χ1n) is 5.85. The molecule has 0 amide bonds. The average Bonchev–Trinajstić information content (AvgIpc) is 2.40. The molecule has 0 aliphatic heterocycles. The SMILES string of the molecule is Cc1ccc(C(=S)CC(=S)c2ccccc2)cc1. The molecule has 2 heteroatoms. The van der Waals surface area contributed by atoms with E-state index in [0.717, 1.165) is 20.9 Å². The second kappa shape index (κ2) is 5.98. The molecular weight excluding hydrogens is 256 g/mol. The maximum absolute atomic E-state index is 5.45. The highest BCUT2D eigenvalue weighted by atomic mass is 32.1. The molecule has 0 unspecified atom stereocenters. The Hall–Kier alpha value is -1.38. The zero-order valence-corrected chi connectivity index (χ0v) is 11.9. The normalized spacial score (nSPS) is 10.1. The molecule has 0 aliphatic carbocycles. The third-order valence-corrected chi connectivity index (χ3v) is 3.55. The molecule has 0 fully saturated rings. The Morgan fingerprint density at radius 2 is 1.28 bits per heavy atom. The zero-order valence-electron chi connectivity index (χ0n) is 10.2. The minimum Gasteiger partial charge on any atom is -0.0839 e. The summed E-state index contributed by atoms with van der Waals surface area (Å²) in [6.45, 7) is 2.07. The van der Waals surface area contributed by atoms with Gasteiger partial charge in [-0.05, 0) is 18.1 Å². The Balaban J connectivity index is 2.08. The van der Waals surface area contributed by atoms with E-state index in [1.165, 1.54) is 5.56 Å². The number of hydrogen-bond donors (Lipinski definition) is 0. The topological polar surface area (TPSA) is 0 Å². The van der Waals surface area contributed by atoms with Gasteiger partial charge in [0, 0.05) is 16.1 Å². The number of hydrogen-bond acceptors (Lipinski definition) is 2. The van der Waals surface area contributed by atoms with E-state index in [0.29, 0.717) is 6.42 Å². The predicted molar refractivity (Wildman–Crippen MR) is 85.6 cm³/mol. The maximum Gasteiger partial charge on any atom is 0.0277 e. The van der Waals surface area contributed by atoms with E-state index >= 15 is 0 Å². The van der Waals surface area contributed by atoms with Crippen molar-refractivity contribution in [2.75, 3.05) is 0 Å². The molecule has 0 nitrogen and oxygen atoms in total. The maximum atomic E-state index is 5.45. The van der Waals surface area contributed by atoms with Crippen LogP contribution in [0.4, 0.5) is 0 Å². The fourth-order valence-corrected chi connectivity index (χ4v) is 2.37. The van der Waals surface area contributed by atoms with Crippen LogP contribution in [-0.2, 0) is 0 Å². The summed E-state index contributed by atoms with van der Waals surface area (Å²) in [6, 6.07) is 18.3. The smallest absolute Gasteiger partial charge is 0.0277 e. The van der Waals surface area contributed by atoms with Gasteiger partial charge in [-0.15, -0.1) is 0 Å². The molecule has 0 radical (unpaired) electrons. The highest BCUT2D eigenvalue weighted by molar-refractivity contribution is 7.82. The Labute approximate surface area is 119 Å². The van der Waals surface area contributed by atoms with E-state index in [4.69, 9.17) is 24.4 Å². The van der Waals surface area contributed by atoms with E-state index in [1.54, 1.807) is 0 Å². The molecule has 2 aromatic carbocycles. The summed E-state index contributed by atoms with van der Waals surface area (Å²) < 4.78 is 0. The summed E-state index contributed by atoms with van der Waals surface area (Å²) in [5.41, 5.74) is 3.42. The van der Waals surface area contributed by atoms with E-state index in [9.17, 15) is 0 Å². The molecule has 0 saturated heterocycles. The molecule has 0 aliphatic rings. The third kappa shape index (κ3) is 3.31. The van der Waals surface area contributed by atoms with Crippen LogP contribution < -0.4 is 0 Å². The minimum absolute atomic E-state index is 0.664. The van der Waals surface area contributed by atoms with Crippen LogP contribution in [-0.4, -0.2) is 9.73 Å². The van der Waals surface area contributed by atoms with Crippen LogP contribution in [0.3, 0.4) is 0 Å². The highest BCUT2D eigenvalue weighted by Gasteiger charge is 2.06. The van der Waals surface area contributed by atoms with Gasteiger partial charge in [-0.1, -0.05) is 84.6 Å². The number of thiocarbonyl (C=S) groups is 2. The van der Waals surface area contributed by atoms with Crippen molar-refractivity contribution >= 4 is 34.2 Å². The van der Waals surface area contributed by atoms with Crippen molar-refractivity contribution < 1.29 is 0 Å². The Morgan fingerprint density at radius 3 is 1.83 bits per heavy atom. The lowest BCUT2D eigenvalue weighted by atomic mass is 10.0. The van der Waals surface area contributed by atoms with Gasteiger partial charge in [-0.3, -0.25) is 0 Å². The summed E-state index contributed by atoms with van der Waals surface area (Å²) >= 11 is 10.9. The minimum atomic E-state index is 0.664. The second-order valence-electron chi connectivity index (χ2n) is 4.26. The molecule has 0 atom stereocenters. The lowest BCUT2D eigenvalue weighted by molar-refractivity contribution is 1.45. The van der Waals surface area contributed by atoms with Gasteiger partial charge in [0.2, 0.25) is 0 Å². The second-order valence-corrected chi connectivity index (χ2v) is 5.24. The fourth-order valence-electron chi connectivity index (χ4n) is 1.71. The summed E-state index contributed by atoms with van der Waals surface area (Å²) in [4.78, 5) is 1.81. The van der Waals surface area contributed by atoms with Gasteiger partial charge in [-0.25, -0.2) is 0 Å². The zero-order chi connectivity index (χ0) is 13.0. The molecule has 0 aromatic heterocycles. The lowest BCUT2D eigenvalue weighted by Crippen LogP contribution is -2.06. The van der Waals surface area contributed by atoms with Crippen molar-refractivity contribution in [3.8, 4) is 0 Å². The molecule has 0 saturated carbocycles. The van der Waals surface area contributed by atoms with Gasteiger partial charge >= 0.3 is 0 Å². The van der Waals surface area contributed by atoms with E-state index in [-0.39, 0.29) is 0 Å². The van der Waals surface area contributed by atoms with E-state index in [1.807, 2.05) is 30.3 Å². The van der Waals surface area contributed by atoms with Crippen LogP contribution in [0.25, 0.3) is 0 Å². The van der Waals surface area contributed by atoms with Crippen LogP contribution in [0.1, 0.15) is 23.1 Å². The molecule has 0 bridgehead atoms.